The van der Waals surface area contributed by atoms with Crippen molar-refractivity contribution in [2.24, 2.45) is 11.5 Å². The SMILES string of the molecule is CN(CC(N)(C(N)=O)c1ccccc1)C1CCCCC1. The van der Waals surface area contributed by atoms with Crippen molar-refractivity contribution >= 4 is 5.91 Å². The van der Waals surface area contributed by atoms with Crippen LogP contribution in [0.1, 0.15) is 37.7 Å². The second-order valence-electron chi connectivity index (χ2n) is 5.91. The first-order chi connectivity index (χ1) is 9.54. The summed E-state index contributed by atoms with van der Waals surface area (Å²) < 4.78 is 0. The van der Waals surface area contributed by atoms with Crippen LogP contribution in [0.2, 0.25) is 0 Å². The molecule has 0 saturated heterocycles. The molecule has 4 heteroatoms. The van der Waals surface area contributed by atoms with E-state index in [9.17, 15) is 4.79 Å². The van der Waals surface area contributed by atoms with Gasteiger partial charge < -0.3 is 16.4 Å². The highest BCUT2D eigenvalue weighted by Gasteiger charge is 2.36. The molecule has 1 aliphatic rings. The molecule has 1 saturated carbocycles. The van der Waals surface area contributed by atoms with E-state index in [-0.39, 0.29) is 0 Å². The number of likely N-dealkylation sites (N-methyl/N-ethyl adjacent to an activating group) is 1. The number of hydrogen-bond donors (Lipinski definition) is 2. The zero-order valence-corrected chi connectivity index (χ0v) is 12.2. The van der Waals surface area contributed by atoms with E-state index in [1.807, 2.05) is 37.4 Å². The second kappa shape index (κ2) is 6.37. The first-order valence-electron chi connectivity index (χ1n) is 7.38. The Bertz CT molecular complexity index is 442. The molecule has 0 aliphatic heterocycles. The van der Waals surface area contributed by atoms with Crippen LogP contribution in [0.25, 0.3) is 0 Å². The molecule has 1 fully saturated rings. The Labute approximate surface area is 121 Å². The van der Waals surface area contributed by atoms with E-state index in [1.165, 1.54) is 32.1 Å². The summed E-state index contributed by atoms with van der Waals surface area (Å²) in [4.78, 5) is 14.1. The van der Waals surface area contributed by atoms with E-state index in [1.54, 1.807) is 0 Å². The molecule has 1 amide bonds. The van der Waals surface area contributed by atoms with Crippen molar-refractivity contribution in [2.75, 3.05) is 13.6 Å². The summed E-state index contributed by atoms with van der Waals surface area (Å²) in [6, 6.07) is 9.95. The van der Waals surface area contributed by atoms with Crippen LogP contribution in [0, 0.1) is 0 Å². The predicted molar refractivity (Wildman–Crippen MR) is 81.0 cm³/mol. The van der Waals surface area contributed by atoms with Crippen molar-refractivity contribution in [1.82, 2.24) is 4.90 Å². The molecular weight excluding hydrogens is 250 g/mol. The molecule has 1 aromatic rings. The van der Waals surface area contributed by atoms with Crippen LogP contribution >= 0.6 is 0 Å². The van der Waals surface area contributed by atoms with Crippen LogP contribution in [0.4, 0.5) is 0 Å². The van der Waals surface area contributed by atoms with Crippen LogP contribution in [0.15, 0.2) is 30.3 Å². The minimum absolute atomic E-state index is 0.466. The summed E-state index contributed by atoms with van der Waals surface area (Å²) in [5, 5.41) is 0. The standard InChI is InChI=1S/C16H25N3O/c1-19(14-10-6-3-7-11-14)12-16(18,15(17)20)13-8-4-2-5-9-13/h2,4-5,8-9,14H,3,6-7,10-12,18H2,1H3,(H2,17,20). The third-order valence-electron chi connectivity index (χ3n) is 4.43. The fourth-order valence-corrected chi connectivity index (χ4v) is 3.09. The Hall–Kier alpha value is -1.39. The van der Waals surface area contributed by atoms with Gasteiger partial charge in [-0.25, -0.2) is 0 Å². The van der Waals surface area contributed by atoms with Crippen molar-refractivity contribution in [2.45, 2.75) is 43.7 Å². The zero-order chi connectivity index (χ0) is 14.6. The summed E-state index contributed by atoms with van der Waals surface area (Å²) in [6.45, 7) is 0.469. The number of primary amides is 1. The highest BCUT2D eigenvalue weighted by molar-refractivity contribution is 5.86. The summed E-state index contributed by atoms with van der Waals surface area (Å²) in [5.41, 5.74) is 11.6. The van der Waals surface area contributed by atoms with E-state index in [0.717, 1.165) is 5.56 Å². The first-order valence-corrected chi connectivity index (χ1v) is 7.38. The van der Waals surface area contributed by atoms with E-state index in [0.29, 0.717) is 12.6 Å². The Morgan fingerprint density at radius 3 is 2.40 bits per heavy atom. The van der Waals surface area contributed by atoms with Crippen LogP contribution < -0.4 is 11.5 Å². The van der Waals surface area contributed by atoms with Gasteiger partial charge in [-0.05, 0) is 25.5 Å². The fraction of sp³-hybridized carbons (Fsp3) is 0.562. The molecule has 4 N–H and O–H groups in total. The maximum atomic E-state index is 11.9. The molecule has 4 nitrogen and oxygen atoms in total. The second-order valence-corrected chi connectivity index (χ2v) is 5.91. The summed E-state index contributed by atoms with van der Waals surface area (Å²) in [5.74, 6) is -0.466. The van der Waals surface area contributed by atoms with Gasteiger partial charge in [0.15, 0.2) is 0 Å². The van der Waals surface area contributed by atoms with Crippen LogP contribution in [-0.2, 0) is 10.3 Å². The molecule has 1 unspecified atom stereocenters. The topological polar surface area (TPSA) is 72.3 Å². The van der Waals surface area contributed by atoms with Crippen LogP contribution in [-0.4, -0.2) is 30.4 Å². The number of carbonyl (C=O) groups excluding carboxylic acids is 1. The van der Waals surface area contributed by atoms with Gasteiger partial charge >= 0.3 is 0 Å². The number of hydrogen-bond acceptors (Lipinski definition) is 3. The minimum Gasteiger partial charge on any atom is -0.368 e. The van der Waals surface area contributed by atoms with Crippen molar-refractivity contribution in [1.29, 1.82) is 0 Å². The molecule has 0 aromatic heterocycles. The lowest BCUT2D eigenvalue weighted by Gasteiger charge is -2.37. The maximum absolute atomic E-state index is 11.9. The quantitative estimate of drug-likeness (QED) is 0.857. The molecular formula is C16H25N3O. The van der Waals surface area contributed by atoms with Gasteiger partial charge in [0.05, 0.1) is 0 Å². The van der Waals surface area contributed by atoms with Gasteiger partial charge in [-0.3, -0.25) is 4.79 Å². The summed E-state index contributed by atoms with van der Waals surface area (Å²) >= 11 is 0. The molecule has 1 aliphatic carbocycles. The number of rotatable bonds is 5. The third kappa shape index (κ3) is 3.19. The smallest absolute Gasteiger partial charge is 0.243 e. The molecule has 0 spiro atoms. The maximum Gasteiger partial charge on any atom is 0.243 e. The Morgan fingerprint density at radius 1 is 1.25 bits per heavy atom. The van der Waals surface area contributed by atoms with Gasteiger partial charge in [0.2, 0.25) is 5.91 Å². The molecule has 0 radical (unpaired) electrons. The molecule has 0 bridgehead atoms. The lowest BCUT2D eigenvalue weighted by atomic mass is 9.87. The van der Waals surface area contributed by atoms with Gasteiger partial charge in [-0.15, -0.1) is 0 Å². The lowest BCUT2D eigenvalue weighted by molar-refractivity contribution is -0.124. The summed E-state index contributed by atoms with van der Waals surface area (Å²) in [6.07, 6.45) is 6.19. The van der Waals surface area contributed by atoms with Gasteiger partial charge in [0.25, 0.3) is 0 Å². The Balaban J connectivity index is 2.15. The van der Waals surface area contributed by atoms with Crippen molar-refractivity contribution < 1.29 is 4.79 Å². The highest BCUT2D eigenvalue weighted by atomic mass is 16.1. The molecule has 20 heavy (non-hydrogen) atoms. The van der Waals surface area contributed by atoms with Crippen molar-refractivity contribution in [3.8, 4) is 0 Å². The fourth-order valence-electron chi connectivity index (χ4n) is 3.09. The average molecular weight is 275 g/mol. The van der Waals surface area contributed by atoms with Gasteiger partial charge in [0, 0.05) is 12.6 Å². The highest BCUT2D eigenvalue weighted by Crippen LogP contribution is 2.25. The average Bonchev–Trinajstić information content (AvgIpc) is 2.48. The van der Waals surface area contributed by atoms with E-state index in [2.05, 4.69) is 4.90 Å². The van der Waals surface area contributed by atoms with E-state index >= 15 is 0 Å². The predicted octanol–water partition coefficient (Wildman–Crippen LogP) is 1.59. The van der Waals surface area contributed by atoms with Crippen molar-refractivity contribution in [3.05, 3.63) is 35.9 Å². The van der Waals surface area contributed by atoms with E-state index in [4.69, 9.17) is 11.5 Å². The third-order valence-corrected chi connectivity index (χ3v) is 4.43. The summed E-state index contributed by atoms with van der Waals surface area (Å²) in [7, 11) is 2.05. The van der Waals surface area contributed by atoms with Gasteiger partial charge in [-0.2, -0.15) is 0 Å². The van der Waals surface area contributed by atoms with E-state index < -0.39 is 11.4 Å². The Kier molecular flexibility index (Phi) is 4.78. The molecule has 110 valence electrons. The molecule has 1 aromatic carbocycles. The zero-order valence-electron chi connectivity index (χ0n) is 12.2. The van der Waals surface area contributed by atoms with Gasteiger partial charge in [0.1, 0.15) is 5.54 Å². The number of nitrogens with zero attached hydrogens (tertiary/aromatic N) is 1. The first kappa shape index (κ1) is 15.0. The number of benzene rings is 1. The largest absolute Gasteiger partial charge is 0.368 e. The minimum atomic E-state index is -1.12. The van der Waals surface area contributed by atoms with Gasteiger partial charge in [-0.1, -0.05) is 49.6 Å². The molecule has 1 atom stereocenters. The van der Waals surface area contributed by atoms with Crippen LogP contribution in [0.3, 0.4) is 0 Å². The normalized spacial score (nSPS) is 19.8. The lowest BCUT2D eigenvalue weighted by Crippen LogP contribution is -2.57. The molecule has 2 rings (SSSR count). The van der Waals surface area contributed by atoms with Crippen LogP contribution in [0.5, 0.6) is 0 Å². The van der Waals surface area contributed by atoms with Crippen molar-refractivity contribution in [3.63, 3.8) is 0 Å². The monoisotopic (exact) mass is 275 g/mol. The number of amides is 1. The Morgan fingerprint density at radius 2 is 1.85 bits per heavy atom. The molecule has 0 heterocycles. The number of carbonyl (C=O) groups is 1. The number of nitrogens with two attached hydrogens (primary N) is 2.